The van der Waals surface area contributed by atoms with Crippen molar-refractivity contribution in [1.29, 1.82) is 5.26 Å². The van der Waals surface area contributed by atoms with Gasteiger partial charge in [-0.2, -0.15) is 10.4 Å². The Morgan fingerprint density at radius 2 is 1.66 bits per heavy atom. The second-order valence-electron chi connectivity index (χ2n) is 7.73. The largest absolute Gasteiger partial charge is 0.497 e. The Hall–Kier alpha value is -4.64. The summed E-state index contributed by atoms with van der Waals surface area (Å²) in [6, 6.07) is 25.1. The fraction of sp³-hybridized carbons (Fsp3) is 0.185. The molecule has 3 aromatic rings. The number of ether oxygens (including phenoxy) is 3. The van der Waals surface area contributed by atoms with Crippen molar-refractivity contribution in [1.82, 2.24) is 5.01 Å². The van der Waals surface area contributed by atoms with Crippen LogP contribution in [0.1, 0.15) is 29.2 Å². The van der Waals surface area contributed by atoms with Crippen molar-refractivity contribution < 1.29 is 23.8 Å². The van der Waals surface area contributed by atoms with Gasteiger partial charge in [-0.15, -0.1) is 0 Å². The molecule has 0 spiro atoms. The van der Waals surface area contributed by atoms with Crippen molar-refractivity contribution in [2.24, 2.45) is 5.10 Å². The molecule has 0 bridgehead atoms. The Labute approximate surface area is 203 Å². The van der Waals surface area contributed by atoms with E-state index in [1.807, 2.05) is 60.7 Å². The molecule has 176 valence electrons. The van der Waals surface area contributed by atoms with E-state index in [-0.39, 0.29) is 12.6 Å². The molecule has 0 N–H and O–H groups in total. The predicted molar refractivity (Wildman–Crippen MR) is 128 cm³/mol. The van der Waals surface area contributed by atoms with E-state index in [4.69, 9.17) is 19.5 Å². The molecule has 1 unspecified atom stereocenters. The molecule has 8 heteroatoms. The first-order chi connectivity index (χ1) is 17.1. The smallest absolute Gasteiger partial charge is 0.344 e. The van der Waals surface area contributed by atoms with Gasteiger partial charge in [-0.05, 0) is 47.5 Å². The lowest BCUT2D eigenvalue weighted by molar-refractivity contribution is -0.154. The Balaban J connectivity index is 1.41. The summed E-state index contributed by atoms with van der Waals surface area (Å²) in [6.07, 6.45) is 0.526. The van der Waals surface area contributed by atoms with E-state index in [9.17, 15) is 9.59 Å². The minimum absolute atomic E-state index is 0.336. The molecule has 1 aliphatic heterocycles. The van der Waals surface area contributed by atoms with Crippen molar-refractivity contribution in [3.63, 3.8) is 0 Å². The van der Waals surface area contributed by atoms with Gasteiger partial charge in [-0.1, -0.05) is 42.5 Å². The summed E-state index contributed by atoms with van der Waals surface area (Å²) in [5.41, 5.74) is 3.08. The van der Waals surface area contributed by atoms with Gasteiger partial charge in [0, 0.05) is 6.42 Å². The zero-order valence-corrected chi connectivity index (χ0v) is 19.1. The van der Waals surface area contributed by atoms with Crippen molar-refractivity contribution in [2.45, 2.75) is 12.5 Å². The van der Waals surface area contributed by atoms with Gasteiger partial charge in [0.2, 0.25) is 0 Å². The Bertz CT molecular complexity index is 1250. The molecule has 4 rings (SSSR count). The zero-order chi connectivity index (χ0) is 24.6. The molecule has 0 fully saturated rings. The van der Waals surface area contributed by atoms with Crippen molar-refractivity contribution in [3.05, 3.63) is 95.6 Å². The summed E-state index contributed by atoms with van der Waals surface area (Å²) in [5, 5.41) is 14.8. The van der Waals surface area contributed by atoms with Gasteiger partial charge in [0.15, 0.2) is 13.2 Å². The number of benzene rings is 3. The summed E-state index contributed by atoms with van der Waals surface area (Å²) in [4.78, 5) is 25.2. The lowest BCUT2D eigenvalue weighted by Crippen LogP contribution is -2.32. The maximum atomic E-state index is 13.0. The van der Waals surface area contributed by atoms with Crippen molar-refractivity contribution in [2.75, 3.05) is 20.3 Å². The predicted octanol–water partition coefficient (Wildman–Crippen LogP) is 3.87. The molecular weight excluding hydrogens is 446 g/mol. The van der Waals surface area contributed by atoms with E-state index in [0.29, 0.717) is 23.5 Å². The topological polar surface area (TPSA) is 101 Å². The van der Waals surface area contributed by atoms with Gasteiger partial charge in [-0.25, -0.2) is 9.80 Å². The van der Waals surface area contributed by atoms with Crippen LogP contribution in [-0.4, -0.2) is 42.9 Å². The molecule has 1 amide bonds. The van der Waals surface area contributed by atoms with E-state index >= 15 is 0 Å². The maximum absolute atomic E-state index is 13.0. The first-order valence-electron chi connectivity index (χ1n) is 10.9. The molecule has 0 aliphatic carbocycles. The van der Waals surface area contributed by atoms with Crippen LogP contribution in [0.3, 0.4) is 0 Å². The number of hydrogen-bond donors (Lipinski definition) is 0. The number of carbonyl (C=O) groups excluding carboxylic acids is 2. The number of carbonyl (C=O) groups is 2. The lowest BCUT2D eigenvalue weighted by Gasteiger charge is -2.22. The average molecular weight is 469 g/mol. The van der Waals surface area contributed by atoms with Crippen LogP contribution in [0.2, 0.25) is 0 Å². The molecular formula is C27H23N3O5. The summed E-state index contributed by atoms with van der Waals surface area (Å²) in [6.45, 7) is -0.826. The molecule has 0 saturated carbocycles. The lowest BCUT2D eigenvalue weighted by atomic mass is 9.98. The van der Waals surface area contributed by atoms with Gasteiger partial charge in [-0.3, -0.25) is 4.79 Å². The quantitative estimate of drug-likeness (QED) is 0.464. The number of hydrazone groups is 1. The number of nitriles is 1. The standard InChI is InChI=1S/C27H23N3O5/c1-33-22-13-9-21(10-14-22)25-15-24(20-5-3-2-4-6-20)29-30(25)26(31)17-35-27(32)18-34-23-11-7-19(16-28)8-12-23/h2-14,25H,15,17-18H2,1H3. The van der Waals surface area contributed by atoms with Crippen LogP contribution in [-0.2, 0) is 14.3 Å². The Morgan fingerprint density at radius 3 is 2.31 bits per heavy atom. The molecule has 1 aliphatic rings. The maximum Gasteiger partial charge on any atom is 0.344 e. The molecule has 35 heavy (non-hydrogen) atoms. The van der Waals surface area contributed by atoms with E-state index in [0.717, 1.165) is 16.8 Å². The molecule has 1 atom stereocenters. The third-order valence-corrected chi connectivity index (χ3v) is 5.47. The third kappa shape index (κ3) is 5.84. The first-order valence-corrected chi connectivity index (χ1v) is 10.9. The van der Waals surface area contributed by atoms with Crippen LogP contribution in [0, 0.1) is 11.3 Å². The summed E-state index contributed by atoms with van der Waals surface area (Å²) in [7, 11) is 1.59. The fourth-order valence-electron chi connectivity index (χ4n) is 3.65. The SMILES string of the molecule is COc1ccc(C2CC(c3ccccc3)=NN2C(=O)COC(=O)COc2ccc(C#N)cc2)cc1. The highest BCUT2D eigenvalue weighted by Crippen LogP contribution is 2.33. The first kappa shape index (κ1) is 23.5. The highest BCUT2D eigenvalue weighted by molar-refractivity contribution is 6.03. The highest BCUT2D eigenvalue weighted by atomic mass is 16.6. The van der Waals surface area contributed by atoms with Gasteiger partial charge in [0.25, 0.3) is 5.91 Å². The molecule has 8 nitrogen and oxygen atoms in total. The van der Waals surface area contributed by atoms with Crippen LogP contribution < -0.4 is 9.47 Å². The number of rotatable bonds is 8. The van der Waals surface area contributed by atoms with Crippen molar-refractivity contribution in [3.8, 4) is 17.6 Å². The second-order valence-corrected chi connectivity index (χ2v) is 7.73. The monoisotopic (exact) mass is 469 g/mol. The Kier molecular flexibility index (Phi) is 7.38. The fourth-order valence-corrected chi connectivity index (χ4v) is 3.65. The van der Waals surface area contributed by atoms with E-state index in [1.165, 1.54) is 5.01 Å². The van der Waals surface area contributed by atoms with Crippen LogP contribution in [0.4, 0.5) is 0 Å². The van der Waals surface area contributed by atoms with Crippen LogP contribution >= 0.6 is 0 Å². The van der Waals surface area contributed by atoms with Gasteiger partial charge < -0.3 is 14.2 Å². The number of esters is 1. The van der Waals surface area contributed by atoms with Gasteiger partial charge >= 0.3 is 5.97 Å². The molecule has 0 radical (unpaired) electrons. The summed E-state index contributed by atoms with van der Waals surface area (Å²) in [5.74, 6) is 0.00662. The van der Waals surface area contributed by atoms with E-state index in [1.54, 1.807) is 31.4 Å². The Morgan fingerprint density at radius 1 is 0.971 bits per heavy atom. The number of methoxy groups -OCH3 is 1. The molecule has 1 heterocycles. The van der Waals surface area contributed by atoms with E-state index in [2.05, 4.69) is 5.10 Å². The highest BCUT2D eigenvalue weighted by Gasteiger charge is 2.33. The average Bonchev–Trinajstić information content (AvgIpc) is 3.37. The van der Waals surface area contributed by atoms with Gasteiger partial charge in [0.1, 0.15) is 11.5 Å². The second kappa shape index (κ2) is 11.0. The minimum atomic E-state index is -0.685. The van der Waals surface area contributed by atoms with Crippen LogP contribution in [0.5, 0.6) is 11.5 Å². The molecule has 0 saturated heterocycles. The summed E-state index contributed by atoms with van der Waals surface area (Å²) >= 11 is 0. The molecule has 0 aromatic heterocycles. The normalized spacial score (nSPS) is 14.6. The number of hydrogen-bond acceptors (Lipinski definition) is 7. The summed E-state index contributed by atoms with van der Waals surface area (Å²) < 4.78 is 15.7. The molecule has 3 aromatic carbocycles. The van der Waals surface area contributed by atoms with Gasteiger partial charge in [0.05, 0.1) is 30.5 Å². The zero-order valence-electron chi connectivity index (χ0n) is 19.1. The van der Waals surface area contributed by atoms with E-state index < -0.39 is 18.5 Å². The minimum Gasteiger partial charge on any atom is -0.497 e. The number of nitrogens with zero attached hydrogens (tertiary/aromatic N) is 3. The van der Waals surface area contributed by atoms with Crippen LogP contribution in [0.25, 0.3) is 0 Å². The van der Waals surface area contributed by atoms with Crippen LogP contribution in [0.15, 0.2) is 84.0 Å². The third-order valence-electron chi connectivity index (χ3n) is 5.47. The number of amides is 1. The van der Waals surface area contributed by atoms with Crippen molar-refractivity contribution >= 4 is 17.6 Å².